The van der Waals surface area contributed by atoms with Crippen LogP contribution in [0.25, 0.3) is 0 Å². The van der Waals surface area contributed by atoms with E-state index in [4.69, 9.17) is 27.9 Å². The van der Waals surface area contributed by atoms with Crippen LogP contribution in [0.15, 0.2) is 65.6 Å². The summed E-state index contributed by atoms with van der Waals surface area (Å²) in [6.07, 6.45) is 1.85. The third kappa shape index (κ3) is 8.86. The van der Waals surface area contributed by atoms with Crippen molar-refractivity contribution >= 4 is 56.4 Å². The minimum absolute atomic E-state index is 0.0215. The van der Waals surface area contributed by atoms with Crippen molar-refractivity contribution in [2.75, 3.05) is 24.5 Å². The fourth-order valence-corrected chi connectivity index (χ4v) is 6.39. The molecule has 0 aromatic heterocycles. The van der Waals surface area contributed by atoms with Crippen molar-refractivity contribution in [2.45, 2.75) is 57.5 Å². The fraction of sp³-hybridized carbons (Fsp3) is 0.355. The third-order valence-electron chi connectivity index (χ3n) is 7.14. The first-order valence-electron chi connectivity index (χ1n) is 14.3. The minimum atomic E-state index is -4.63. The number of nitrogens with zero attached hydrogens (tertiary/aromatic N) is 3. The third-order valence-corrected chi connectivity index (χ3v) is 9.38. The van der Waals surface area contributed by atoms with Crippen molar-refractivity contribution in [2.24, 2.45) is 0 Å². The molecule has 0 saturated carbocycles. The zero-order chi connectivity index (χ0) is 33.3. The summed E-state index contributed by atoms with van der Waals surface area (Å²) < 4.78 is 34.7. The first-order chi connectivity index (χ1) is 21.3. The van der Waals surface area contributed by atoms with Gasteiger partial charge < -0.3 is 15.0 Å². The van der Waals surface area contributed by atoms with Crippen molar-refractivity contribution in [1.82, 2.24) is 10.2 Å². The van der Waals surface area contributed by atoms with Crippen LogP contribution in [0.4, 0.5) is 11.4 Å². The van der Waals surface area contributed by atoms with Crippen LogP contribution in [-0.2, 0) is 26.2 Å². The molecule has 242 valence electrons. The number of hydrogen-bond acceptors (Lipinski definition) is 7. The molecule has 3 rings (SSSR count). The van der Waals surface area contributed by atoms with Crippen LogP contribution in [0.1, 0.15) is 44.2 Å². The fourth-order valence-electron chi connectivity index (χ4n) is 4.66. The second kappa shape index (κ2) is 15.9. The average molecular weight is 680 g/mol. The summed E-state index contributed by atoms with van der Waals surface area (Å²) in [6.45, 7) is 4.86. The Balaban J connectivity index is 2.16. The van der Waals surface area contributed by atoms with E-state index in [1.807, 2.05) is 6.92 Å². The smallest absolute Gasteiger partial charge is 0.273 e. The Morgan fingerprint density at radius 1 is 1.02 bits per heavy atom. The molecule has 1 atom stereocenters. The van der Waals surface area contributed by atoms with Gasteiger partial charge in [0.05, 0.1) is 22.6 Å². The van der Waals surface area contributed by atoms with Gasteiger partial charge in [0, 0.05) is 34.8 Å². The normalized spacial score (nSPS) is 11.9. The number of methoxy groups -OCH3 is 1. The maximum Gasteiger partial charge on any atom is 0.273 e. The number of nitro benzene ring substituents is 1. The minimum Gasteiger partial charge on any atom is -0.495 e. The molecule has 3 aromatic carbocycles. The number of halogens is 2. The van der Waals surface area contributed by atoms with Crippen molar-refractivity contribution in [3.63, 3.8) is 0 Å². The van der Waals surface area contributed by atoms with Gasteiger partial charge in [-0.15, -0.1) is 0 Å². The van der Waals surface area contributed by atoms with E-state index in [-0.39, 0.29) is 40.9 Å². The number of carbonyl (C=O) groups is 2. The van der Waals surface area contributed by atoms with Gasteiger partial charge in [-0.1, -0.05) is 61.7 Å². The second-order valence-corrected chi connectivity index (χ2v) is 13.0. The Hall–Kier alpha value is -3.87. The molecule has 0 radical (unpaired) electrons. The topological polar surface area (TPSA) is 139 Å². The van der Waals surface area contributed by atoms with Gasteiger partial charge in [0.2, 0.25) is 11.8 Å². The summed E-state index contributed by atoms with van der Waals surface area (Å²) in [5.41, 5.74) is 0.459. The number of benzene rings is 3. The Morgan fingerprint density at radius 2 is 1.69 bits per heavy atom. The van der Waals surface area contributed by atoms with Crippen LogP contribution >= 0.6 is 23.2 Å². The highest BCUT2D eigenvalue weighted by Gasteiger charge is 2.35. The predicted octanol–water partition coefficient (Wildman–Crippen LogP) is 6.14. The standard InChI is InChI=1S/C31H36Cl2N4O7S/c1-5-7-16-34-31(39)26(6-2)35(19-22-9-11-23(32)12-10-22)30(38)20-36(28-17-24(33)13-15-29(28)44-4)45(42,43)25-14-8-21(3)27(18-25)37(40)41/h8-15,17-18,26H,5-7,16,19-20H2,1-4H3,(H,34,39). The van der Waals surface area contributed by atoms with Crippen LogP contribution in [0, 0.1) is 17.0 Å². The van der Waals surface area contributed by atoms with E-state index in [9.17, 15) is 28.1 Å². The van der Waals surface area contributed by atoms with Crippen LogP contribution in [0.5, 0.6) is 5.75 Å². The van der Waals surface area contributed by atoms with Crippen molar-refractivity contribution in [3.8, 4) is 5.75 Å². The van der Waals surface area contributed by atoms with Gasteiger partial charge in [-0.25, -0.2) is 8.42 Å². The lowest BCUT2D eigenvalue weighted by molar-refractivity contribution is -0.385. The quantitative estimate of drug-likeness (QED) is 0.116. The molecule has 2 amide bonds. The highest BCUT2D eigenvalue weighted by Crippen LogP contribution is 2.36. The summed E-state index contributed by atoms with van der Waals surface area (Å²) in [6, 6.07) is 13.6. The van der Waals surface area contributed by atoms with E-state index in [0.717, 1.165) is 23.2 Å². The van der Waals surface area contributed by atoms with Gasteiger partial charge in [-0.2, -0.15) is 0 Å². The Bertz CT molecular complexity index is 1640. The largest absolute Gasteiger partial charge is 0.495 e. The lowest BCUT2D eigenvalue weighted by atomic mass is 10.1. The first-order valence-corrected chi connectivity index (χ1v) is 16.5. The van der Waals surface area contributed by atoms with Crippen LogP contribution in [0.3, 0.4) is 0 Å². The van der Waals surface area contributed by atoms with Crippen molar-refractivity contribution in [3.05, 3.63) is 92.0 Å². The first kappa shape index (κ1) is 35.6. The van der Waals surface area contributed by atoms with E-state index in [1.54, 1.807) is 31.2 Å². The molecule has 45 heavy (non-hydrogen) atoms. The zero-order valence-electron chi connectivity index (χ0n) is 25.5. The number of anilines is 1. The van der Waals surface area contributed by atoms with E-state index < -0.39 is 44.0 Å². The molecule has 0 bridgehead atoms. The lowest BCUT2D eigenvalue weighted by Crippen LogP contribution is -2.52. The van der Waals surface area contributed by atoms with Gasteiger partial charge in [0.25, 0.3) is 15.7 Å². The number of amides is 2. The van der Waals surface area contributed by atoms with Crippen LogP contribution in [0.2, 0.25) is 10.0 Å². The predicted molar refractivity (Wildman–Crippen MR) is 174 cm³/mol. The Labute approximate surface area is 273 Å². The summed E-state index contributed by atoms with van der Waals surface area (Å²) in [5.74, 6) is -0.988. The molecule has 0 aliphatic carbocycles. The summed E-state index contributed by atoms with van der Waals surface area (Å²) in [4.78, 5) is 39.5. The Kier molecular flexibility index (Phi) is 12.6. The maximum absolute atomic E-state index is 14.3. The monoisotopic (exact) mass is 678 g/mol. The summed E-state index contributed by atoms with van der Waals surface area (Å²) in [5, 5.41) is 15.2. The van der Waals surface area contributed by atoms with E-state index in [1.165, 1.54) is 49.3 Å². The highest BCUT2D eigenvalue weighted by molar-refractivity contribution is 7.92. The molecule has 1 N–H and O–H groups in total. The van der Waals surface area contributed by atoms with E-state index >= 15 is 0 Å². The molecule has 0 heterocycles. The molecule has 11 nitrogen and oxygen atoms in total. The molecule has 3 aromatic rings. The van der Waals surface area contributed by atoms with Crippen molar-refractivity contribution < 1.29 is 27.7 Å². The zero-order valence-corrected chi connectivity index (χ0v) is 27.8. The number of aryl methyl sites for hydroxylation is 1. The number of hydrogen-bond donors (Lipinski definition) is 1. The average Bonchev–Trinajstić information content (AvgIpc) is 3.00. The van der Waals surface area contributed by atoms with Crippen LogP contribution in [-0.4, -0.2) is 56.3 Å². The number of unbranched alkanes of at least 4 members (excludes halogenated alkanes) is 1. The second-order valence-electron chi connectivity index (χ2n) is 10.2. The lowest BCUT2D eigenvalue weighted by Gasteiger charge is -2.33. The number of ether oxygens (including phenoxy) is 1. The molecule has 0 aliphatic heterocycles. The molecular formula is C31H36Cl2N4O7S. The molecule has 0 saturated heterocycles. The number of sulfonamides is 1. The number of nitro groups is 1. The van der Waals surface area contributed by atoms with Crippen molar-refractivity contribution in [1.29, 1.82) is 0 Å². The molecular weight excluding hydrogens is 643 g/mol. The van der Waals surface area contributed by atoms with Gasteiger partial charge in [0.15, 0.2) is 0 Å². The number of nitrogens with one attached hydrogen (secondary N) is 1. The van der Waals surface area contributed by atoms with Gasteiger partial charge in [0.1, 0.15) is 18.3 Å². The van der Waals surface area contributed by atoms with Gasteiger partial charge in [-0.3, -0.25) is 24.0 Å². The number of rotatable bonds is 15. The highest BCUT2D eigenvalue weighted by atomic mass is 35.5. The molecule has 0 aliphatic rings. The SMILES string of the molecule is CCCCNC(=O)C(CC)N(Cc1ccc(Cl)cc1)C(=O)CN(c1cc(Cl)ccc1OC)S(=O)(=O)c1ccc(C)c([N+](=O)[O-])c1. The van der Waals surface area contributed by atoms with E-state index in [2.05, 4.69) is 5.32 Å². The maximum atomic E-state index is 14.3. The molecule has 14 heteroatoms. The van der Waals surface area contributed by atoms with E-state index in [0.29, 0.717) is 17.1 Å². The van der Waals surface area contributed by atoms with Crippen LogP contribution < -0.4 is 14.4 Å². The van der Waals surface area contributed by atoms with Gasteiger partial charge >= 0.3 is 0 Å². The summed E-state index contributed by atoms with van der Waals surface area (Å²) >= 11 is 12.3. The Morgan fingerprint density at radius 3 is 2.29 bits per heavy atom. The molecule has 1 unspecified atom stereocenters. The number of carbonyl (C=O) groups excluding carboxylic acids is 2. The summed E-state index contributed by atoms with van der Waals surface area (Å²) in [7, 11) is -3.30. The molecule has 0 spiro atoms. The molecule has 0 fully saturated rings. The van der Waals surface area contributed by atoms with Gasteiger partial charge in [-0.05, 0) is 61.7 Å².